The van der Waals surface area contributed by atoms with Gasteiger partial charge >= 0.3 is 6.18 Å². The second-order valence-electron chi connectivity index (χ2n) is 3.61. The molecule has 1 rings (SSSR count). The molecule has 0 radical (unpaired) electrons. The molecule has 0 aromatic heterocycles. The third kappa shape index (κ3) is 4.68. The number of thiocarbonyl (C=S) groups is 1. The molecule has 0 aliphatic heterocycles. The monoisotopic (exact) mass is 293 g/mol. The Balaban J connectivity index is 2.88. The Kier molecular flexibility index (Phi) is 5.56. The Bertz CT molecular complexity index is 449. The SMILES string of the molecule is CCOCCOc1ccc(C(F)(F)F)c(C(N)=S)c1. The first-order valence-electron chi connectivity index (χ1n) is 5.58. The summed E-state index contributed by atoms with van der Waals surface area (Å²) in [6, 6.07) is 3.33. The standard InChI is InChI=1S/C12H14F3NO2S/c1-2-17-5-6-18-8-3-4-10(12(13,14)15)9(7-8)11(16)19/h3-4,7H,2,5-6H2,1H3,(H2,16,19). The number of rotatable bonds is 6. The number of hydrogen-bond acceptors (Lipinski definition) is 3. The average molecular weight is 293 g/mol. The molecule has 7 heteroatoms. The van der Waals surface area contributed by atoms with E-state index in [1.807, 2.05) is 6.92 Å². The Hall–Kier alpha value is -1.34. The van der Waals surface area contributed by atoms with Crippen molar-refractivity contribution < 1.29 is 22.6 Å². The Labute approximate surface area is 114 Å². The van der Waals surface area contributed by atoms with Crippen LogP contribution in [-0.4, -0.2) is 24.8 Å². The van der Waals surface area contributed by atoms with Crippen LogP contribution in [0.3, 0.4) is 0 Å². The zero-order chi connectivity index (χ0) is 14.5. The molecule has 0 fully saturated rings. The molecule has 0 atom stereocenters. The van der Waals surface area contributed by atoms with E-state index in [0.717, 1.165) is 6.07 Å². The van der Waals surface area contributed by atoms with Crippen LogP contribution >= 0.6 is 12.2 Å². The van der Waals surface area contributed by atoms with Crippen LogP contribution in [0.1, 0.15) is 18.1 Å². The predicted octanol–water partition coefficient (Wildman–Crippen LogP) is 2.75. The molecular weight excluding hydrogens is 279 g/mol. The number of halogens is 3. The summed E-state index contributed by atoms with van der Waals surface area (Å²) >= 11 is 4.63. The molecule has 0 heterocycles. The largest absolute Gasteiger partial charge is 0.491 e. The van der Waals surface area contributed by atoms with Crippen LogP contribution in [0.2, 0.25) is 0 Å². The molecule has 1 aromatic carbocycles. The van der Waals surface area contributed by atoms with E-state index in [0.29, 0.717) is 13.2 Å². The zero-order valence-electron chi connectivity index (χ0n) is 10.3. The molecule has 0 saturated carbocycles. The van der Waals surface area contributed by atoms with Crippen molar-refractivity contribution in [3.8, 4) is 5.75 Å². The van der Waals surface area contributed by atoms with Crippen LogP contribution in [0.15, 0.2) is 18.2 Å². The fraction of sp³-hybridized carbons (Fsp3) is 0.417. The Morgan fingerprint density at radius 1 is 1.32 bits per heavy atom. The molecule has 0 spiro atoms. The fourth-order valence-electron chi connectivity index (χ4n) is 1.43. The van der Waals surface area contributed by atoms with Crippen molar-refractivity contribution in [1.82, 2.24) is 0 Å². The minimum absolute atomic E-state index is 0.239. The Morgan fingerprint density at radius 2 is 2.00 bits per heavy atom. The van der Waals surface area contributed by atoms with E-state index >= 15 is 0 Å². The molecule has 0 unspecified atom stereocenters. The Morgan fingerprint density at radius 3 is 2.53 bits per heavy atom. The maximum absolute atomic E-state index is 12.7. The number of nitrogens with two attached hydrogens (primary N) is 1. The van der Waals surface area contributed by atoms with Gasteiger partial charge in [0, 0.05) is 12.2 Å². The number of benzene rings is 1. The van der Waals surface area contributed by atoms with Crippen LogP contribution in [0.25, 0.3) is 0 Å². The number of alkyl halides is 3. The van der Waals surface area contributed by atoms with Crippen molar-refractivity contribution in [3.05, 3.63) is 29.3 Å². The first-order chi connectivity index (χ1) is 8.86. The topological polar surface area (TPSA) is 44.5 Å². The molecule has 0 amide bonds. The highest BCUT2D eigenvalue weighted by Crippen LogP contribution is 2.33. The van der Waals surface area contributed by atoms with Gasteiger partial charge in [-0.05, 0) is 25.1 Å². The quantitative estimate of drug-likeness (QED) is 0.647. The van der Waals surface area contributed by atoms with E-state index in [1.54, 1.807) is 0 Å². The third-order valence-electron chi connectivity index (χ3n) is 2.26. The van der Waals surface area contributed by atoms with Crippen LogP contribution in [0.5, 0.6) is 5.75 Å². The smallest absolute Gasteiger partial charge is 0.417 e. The van der Waals surface area contributed by atoms with Crippen LogP contribution < -0.4 is 10.5 Å². The minimum atomic E-state index is -4.50. The van der Waals surface area contributed by atoms with E-state index in [1.165, 1.54) is 12.1 Å². The lowest BCUT2D eigenvalue weighted by atomic mass is 10.1. The zero-order valence-corrected chi connectivity index (χ0v) is 11.1. The van der Waals surface area contributed by atoms with Gasteiger partial charge in [-0.3, -0.25) is 0 Å². The maximum atomic E-state index is 12.7. The molecule has 0 aliphatic rings. The van der Waals surface area contributed by atoms with Crippen molar-refractivity contribution in [1.29, 1.82) is 0 Å². The summed E-state index contributed by atoms with van der Waals surface area (Å²) in [4.78, 5) is -0.317. The highest BCUT2D eigenvalue weighted by Gasteiger charge is 2.34. The lowest BCUT2D eigenvalue weighted by molar-refractivity contribution is -0.137. The summed E-state index contributed by atoms with van der Waals surface area (Å²) in [5.41, 5.74) is 4.20. The van der Waals surface area contributed by atoms with Crippen molar-refractivity contribution in [3.63, 3.8) is 0 Å². The predicted molar refractivity (Wildman–Crippen MR) is 69.3 cm³/mol. The molecule has 19 heavy (non-hydrogen) atoms. The minimum Gasteiger partial charge on any atom is -0.491 e. The summed E-state index contributed by atoms with van der Waals surface area (Å²) in [6.45, 7) is 2.99. The maximum Gasteiger partial charge on any atom is 0.417 e. The summed E-state index contributed by atoms with van der Waals surface area (Å²) in [6.07, 6.45) is -4.50. The van der Waals surface area contributed by atoms with Crippen LogP contribution in [0.4, 0.5) is 13.2 Å². The van der Waals surface area contributed by atoms with Gasteiger partial charge in [-0.15, -0.1) is 0 Å². The first-order valence-corrected chi connectivity index (χ1v) is 5.98. The van der Waals surface area contributed by atoms with Gasteiger partial charge in [0.05, 0.1) is 12.2 Å². The van der Waals surface area contributed by atoms with Crippen molar-refractivity contribution in [2.75, 3.05) is 19.8 Å². The molecule has 0 bridgehead atoms. The second-order valence-corrected chi connectivity index (χ2v) is 4.05. The molecule has 2 N–H and O–H groups in total. The van der Waals surface area contributed by atoms with Crippen LogP contribution in [-0.2, 0) is 10.9 Å². The highest BCUT2D eigenvalue weighted by molar-refractivity contribution is 7.80. The van der Waals surface area contributed by atoms with Gasteiger partial charge in [0.15, 0.2) is 0 Å². The van der Waals surface area contributed by atoms with Gasteiger partial charge < -0.3 is 15.2 Å². The van der Waals surface area contributed by atoms with E-state index in [9.17, 15) is 13.2 Å². The van der Waals surface area contributed by atoms with E-state index in [-0.39, 0.29) is 22.9 Å². The van der Waals surface area contributed by atoms with Crippen molar-refractivity contribution in [2.24, 2.45) is 5.73 Å². The van der Waals surface area contributed by atoms with Gasteiger partial charge in [0.25, 0.3) is 0 Å². The first kappa shape index (κ1) is 15.7. The average Bonchev–Trinajstić information content (AvgIpc) is 2.33. The van der Waals surface area contributed by atoms with E-state index in [2.05, 4.69) is 12.2 Å². The molecule has 0 aliphatic carbocycles. The highest BCUT2D eigenvalue weighted by atomic mass is 32.1. The second kappa shape index (κ2) is 6.72. The summed E-state index contributed by atoms with van der Waals surface area (Å²) < 4.78 is 48.5. The van der Waals surface area contributed by atoms with Gasteiger partial charge in [0.1, 0.15) is 17.3 Å². The summed E-state index contributed by atoms with van der Waals surface area (Å²) in [5.74, 6) is 0.274. The van der Waals surface area contributed by atoms with E-state index in [4.69, 9.17) is 15.2 Å². The van der Waals surface area contributed by atoms with Gasteiger partial charge in [-0.25, -0.2) is 0 Å². The lowest BCUT2D eigenvalue weighted by Crippen LogP contribution is -2.18. The van der Waals surface area contributed by atoms with Gasteiger partial charge in [-0.2, -0.15) is 13.2 Å². The van der Waals surface area contributed by atoms with Crippen molar-refractivity contribution in [2.45, 2.75) is 13.1 Å². The molecule has 0 saturated heterocycles. The lowest BCUT2D eigenvalue weighted by Gasteiger charge is -2.14. The van der Waals surface area contributed by atoms with Crippen LogP contribution in [0, 0.1) is 0 Å². The van der Waals surface area contributed by atoms with Crippen molar-refractivity contribution >= 4 is 17.2 Å². The fourth-order valence-corrected chi connectivity index (χ4v) is 1.60. The van der Waals surface area contributed by atoms with Gasteiger partial charge in [0.2, 0.25) is 0 Å². The molecule has 106 valence electrons. The van der Waals surface area contributed by atoms with Gasteiger partial charge in [-0.1, -0.05) is 12.2 Å². The van der Waals surface area contributed by atoms with E-state index < -0.39 is 11.7 Å². The molecule has 1 aromatic rings. The molecule has 3 nitrogen and oxygen atoms in total. The molecular formula is C12H14F3NO2S. The third-order valence-corrected chi connectivity index (χ3v) is 2.48. The number of hydrogen-bond donors (Lipinski definition) is 1. The summed E-state index contributed by atoms with van der Waals surface area (Å²) in [5, 5.41) is 0. The summed E-state index contributed by atoms with van der Waals surface area (Å²) in [7, 11) is 0. The number of ether oxygens (including phenoxy) is 2. The normalized spacial score (nSPS) is 11.4.